The topological polar surface area (TPSA) is 135 Å². The third-order valence-electron chi connectivity index (χ3n) is 10.3. The number of hydrogen-bond acceptors (Lipinski definition) is 9. The molecule has 4 aliphatic rings. The van der Waals surface area contributed by atoms with E-state index in [1.54, 1.807) is 0 Å². The monoisotopic (exact) mass is 848 g/mol. The third-order valence-corrected chi connectivity index (χ3v) is 12.4. The van der Waals surface area contributed by atoms with Gasteiger partial charge < -0.3 is 18.9 Å². The van der Waals surface area contributed by atoms with Crippen LogP contribution in [0.1, 0.15) is 64.9 Å². The number of ether oxygens (including phenoxy) is 4. The molecule has 4 heterocycles. The Hall–Kier alpha value is -4.41. The summed E-state index contributed by atoms with van der Waals surface area (Å²) in [5.74, 6) is -2.14. The molecule has 2 N–H and O–H groups in total. The minimum atomic E-state index is -4.53. The van der Waals surface area contributed by atoms with E-state index in [2.05, 4.69) is 19.3 Å². The first kappa shape index (κ1) is 40.8. The van der Waals surface area contributed by atoms with Crippen LogP contribution in [0.2, 0.25) is 10.0 Å². The predicted octanol–water partition coefficient (Wildman–Crippen LogP) is 7.13. The quantitative estimate of drug-likeness (QED) is 0.117. The maximum absolute atomic E-state index is 13.9. The van der Waals surface area contributed by atoms with E-state index < -0.39 is 52.6 Å². The summed E-state index contributed by atoms with van der Waals surface area (Å²) in [5.41, 5.74) is 0.717. The number of benzene rings is 3. The van der Waals surface area contributed by atoms with Crippen molar-refractivity contribution < 1.29 is 55.1 Å². The summed E-state index contributed by atoms with van der Waals surface area (Å²) < 4.78 is 93.2. The van der Waals surface area contributed by atoms with E-state index in [0.29, 0.717) is 17.7 Å². The van der Waals surface area contributed by atoms with Gasteiger partial charge >= 0.3 is 18.6 Å². The maximum atomic E-state index is 13.9. The van der Waals surface area contributed by atoms with Crippen molar-refractivity contribution >= 4 is 45.2 Å². The average molecular weight is 850 g/mol. The fourth-order valence-electron chi connectivity index (χ4n) is 6.99. The van der Waals surface area contributed by atoms with E-state index in [0.717, 1.165) is 57.0 Å². The molecule has 1 unspecified atom stereocenters. The van der Waals surface area contributed by atoms with Gasteiger partial charge in [-0.05, 0) is 104 Å². The number of sulfonamides is 1. The van der Waals surface area contributed by atoms with Crippen LogP contribution in [0.3, 0.4) is 0 Å². The number of piperidine rings is 3. The summed E-state index contributed by atoms with van der Waals surface area (Å²) in [4.78, 5) is 32.2. The number of nitrogens with one attached hydrogen (secondary N) is 2. The molecule has 302 valence electrons. The third kappa shape index (κ3) is 10.2. The Kier molecular flexibility index (Phi) is 12.6. The fraction of sp³-hybridized carbons (Fsp3) is 0.375. The molecule has 1 saturated carbocycles. The number of pyridine rings is 1. The molecule has 0 radical (unpaired) electrons. The first-order valence-corrected chi connectivity index (χ1v) is 20.6. The Morgan fingerprint density at radius 1 is 0.912 bits per heavy atom. The van der Waals surface area contributed by atoms with Gasteiger partial charge in [0.2, 0.25) is 10.0 Å². The van der Waals surface area contributed by atoms with Crippen LogP contribution < -0.4 is 19.2 Å². The Morgan fingerprint density at radius 2 is 1.61 bits per heavy atom. The van der Waals surface area contributed by atoms with Crippen LogP contribution in [0, 0.1) is 17.7 Å². The molecule has 3 aromatic carbocycles. The van der Waals surface area contributed by atoms with Gasteiger partial charge in [0.1, 0.15) is 34.1 Å². The zero-order valence-corrected chi connectivity index (χ0v) is 32.7. The van der Waals surface area contributed by atoms with Crippen molar-refractivity contribution in [2.24, 2.45) is 11.8 Å². The van der Waals surface area contributed by atoms with Crippen molar-refractivity contribution in [1.29, 1.82) is 0 Å². The van der Waals surface area contributed by atoms with Crippen molar-refractivity contribution in [2.45, 2.75) is 61.9 Å². The van der Waals surface area contributed by atoms with Crippen molar-refractivity contribution in [1.82, 2.24) is 9.62 Å². The van der Waals surface area contributed by atoms with Crippen LogP contribution in [0.25, 0.3) is 0 Å². The largest absolute Gasteiger partial charge is 0.489 e. The highest BCUT2D eigenvalue weighted by Gasteiger charge is 2.39. The smallest absolute Gasteiger partial charge is 0.387 e. The predicted molar refractivity (Wildman–Crippen MR) is 201 cm³/mol. The number of carbonyl (C=O) groups excluding carboxylic acids is 2. The van der Waals surface area contributed by atoms with Crippen molar-refractivity contribution in [3.05, 3.63) is 117 Å². The highest BCUT2D eigenvalue weighted by atomic mass is 35.5. The summed E-state index contributed by atoms with van der Waals surface area (Å²) in [6.07, 6.45) is 4.92. The number of esters is 2. The highest BCUT2D eigenvalue weighted by Crippen LogP contribution is 2.38. The summed E-state index contributed by atoms with van der Waals surface area (Å²) >= 11 is 12.9. The maximum Gasteiger partial charge on any atom is 0.387 e. The van der Waals surface area contributed by atoms with Gasteiger partial charge in [-0.15, -0.1) is 0 Å². The molecule has 1 aliphatic carbocycles. The standard InChI is InChI=1S/C40H38Cl2F3N3O8S/c41-31-19-46-20-32(42)30(31)18-34(26-8-11-33(56-40(44)45)35(17-26)53-22-23-4-5-23)54-38(49)27-2-1-3-29(16-27)57(51,52)47-37(25-6-9-28(43)10-7-25)39(50)55-36-21-48-14-12-24(36)13-15-48/h1-3,6-11,16-17,19-20,23-24,34,36-37,40,47H,4-5,12-15,18,21-22H2/p+1/t34-,36-,37?/m0/s1. The summed E-state index contributed by atoms with van der Waals surface area (Å²) in [6, 6.07) is 12.4. The zero-order valence-electron chi connectivity index (χ0n) is 30.3. The molecule has 3 saturated heterocycles. The Morgan fingerprint density at radius 3 is 2.26 bits per heavy atom. The second kappa shape index (κ2) is 17.6. The van der Waals surface area contributed by atoms with Crippen LogP contribution in [-0.4, -0.2) is 64.2 Å². The Bertz CT molecular complexity index is 2190. The second-order valence-electron chi connectivity index (χ2n) is 14.3. The van der Waals surface area contributed by atoms with Gasteiger partial charge in [0.15, 0.2) is 23.9 Å². The summed E-state index contributed by atoms with van der Waals surface area (Å²) in [7, 11) is -4.53. The van der Waals surface area contributed by atoms with E-state index in [4.69, 9.17) is 37.4 Å². The first-order valence-electron chi connectivity index (χ1n) is 18.4. The number of carbonyl (C=O) groups is 2. The number of fused-ring (bicyclic) bond motifs is 3. The van der Waals surface area contributed by atoms with Gasteiger partial charge in [-0.1, -0.05) is 47.5 Å². The molecule has 4 aromatic rings. The molecule has 3 atom stereocenters. The highest BCUT2D eigenvalue weighted by molar-refractivity contribution is 7.89. The molecule has 3 aliphatic heterocycles. The molecule has 57 heavy (non-hydrogen) atoms. The molecule has 0 spiro atoms. The van der Waals surface area contributed by atoms with E-state index >= 15 is 0 Å². The van der Waals surface area contributed by atoms with Crippen LogP contribution in [0.15, 0.2) is 84.0 Å². The number of aromatic nitrogens is 1. The summed E-state index contributed by atoms with van der Waals surface area (Å²) in [5, 5.41) is 0.460. The van der Waals surface area contributed by atoms with Crippen molar-refractivity contribution in [3.8, 4) is 11.5 Å². The van der Waals surface area contributed by atoms with Crippen LogP contribution in [0.4, 0.5) is 13.2 Å². The van der Waals surface area contributed by atoms with Gasteiger partial charge in [-0.2, -0.15) is 13.5 Å². The molecular weight excluding hydrogens is 810 g/mol. The van der Waals surface area contributed by atoms with Crippen molar-refractivity contribution in [2.75, 3.05) is 26.2 Å². The average Bonchev–Trinajstić information content (AvgIpc) is 4.03. The molecule has 4 fully saturated rings. The Labute approximate surface area is 337 Å². The fourth-order valence-corrected chi connectivity index (χ4v) is 8.74. The lowest BCUT2D eigenvalue weighted by molar-refractivity contribution is -0.377. The van der Waals surface area contributed by atoms with Crippen LogP contribution in [-0.2, 0) is 30.7 Å². The van der Waals surface area contributed by atoms with E-state index in [1.807, 2.05) is 0 Å². The molecule has 0 amide bonds. The number of rotatable bonds is 16. The zero-order chi connectivity index (χ0) is 40.3. The number of alkyl halides is 2. The Balaban J connectivity index is 1.15. The molecule has 2 bridgehead atoms. The minimum absolute atomic E-state index is 0.0150. The lowest BCUT2D eigenvalue weighted by Crippen LogP contribution is -2.52. The lowest BCUT2D eigenvalue weighted by Gasteiger charge is -2.44. The van der Waals surface area contributed by atoms with Gasteiger partial charge in [0.25, 0.3) is 0 Å². The minimum Gasteiger partial charge on any atom is -0.489 e. The van der Waals surface area contributed by atoms with Crippen LogP contribution >= 0.6 is 23.2 Å². The SMILES string of the molecule is O=C(O[C@@H](Cc1c(Cl)c[nH+]cc1Cl)c1ccc(OC(F)F)c(OCC2CC2)c1)c1cccc(S(=O)(=O)NC(C(=O)O[C@H]2CN3CCC2CC3)c2ccc(F)cc2)c1. The molecule has 1 aromatic heterocycles. The van der Waals surface area contributed by atoms with Gasteiger partial charge in [-0.3, -0.25) is 4.90 Å². The number of H-pyrrole nitrogens is 1. The lowest BCUT2D eigenvalue weighted by atomic mass is 9.86. The summed E-state index contributed by atoms with van der Waals surface area (Å²) in [6.45, 7) is -0.512. The number of nitrogens with zero attached hydrogens (tertiary/aromatic N) is 1. The molecule has 17 heteroatoms. The van der Waals surface area contributed by atoms with Gasteiger partial charge in [-0.25, -0.2) is 27.4 Å². The van der Waals surface area contributed by atoms with Crippen molar-refractivity contribution in [3.63, 3.8) is 0 Å². The number of halogens is 5. The number of hydrogen-bond donors (Lipinski definition) is 1. The first-order chi connectivity index (χ1) is 27.3. The van der Waals surface area contributed by atoms with Gasteiger partial charge in [0.05, 0.1) is 17.1 Å². The van der Waals surface area contributed by atoms with E-state index in [9.17, 15) is 31.2 Å². The normalized spacial score (nSPS) is 20.1. The van der Waals surface area contributed by atoms with E-state index in [1.165, 1.54) is 60.9 Å². The molecule has 8 rings (SSSR count). The number of aromatic amines is 1. The van der Waals surface area contributed by atoms with Crippen LogP contribution in [0.5, 0.6) is 11.5 Å². The van der Waals surface area contributed by atoms with Gasteiger partial charge in [0, 0.05) is 18.5 Å². The molecule has 11 nitrogen and oxygen atoms in total. The molecular formula is C40H39Cl2F3N3O8S+. The second-order valence-corrected chi connectivity index (χ2v) is 16.8. The van der Waals surface area contributed by atoms with E-state index in [-0.39, 0.29) is 62.4 Å².